The number of hydrogen-bond acceptors (Lipinski definition) is 4. The minimum atomic E-state index is 0.793. The Bertz CT molecular complexity index is 236. The number of hydrogen-bond donors (Lipinski definition) is 1. The number of aromatic nitrogens is 3. The van der Waals surface area contributed by atoms with Gasteiger partial charge in [-0.2, -0.15) is 11.8 Å². The molecule has 0 radical (unpaired) electrons. The number of rotatable bonds is 6. The second-order valence-electron chi connectivity index (χ2n) is 2.70. The monoisotopic (exact) mass is 200 g/mol. The molecule has 1 heterocycles. The van der Waals surface area contributed by atoms with Crippen LogP contribution in [0.4, 0.5) is 0 Å². The Kier molecular flexibility index (Phi) is 4.85. The van der Waals surface area contributed by atoms with E-state index in [1.807, 2.05) is 29.7 Å². The molecular formula is C8H16N4S. The molecule has 1 aromatic heterocycles. The lowest BCUT2D eigenvalue weighted by atomic mass is 10.5. The van der Waals surface area contributed by atoms with Crippen molar-refractivity contribution >= 4 is 11.8 Å². The Labute approximate surface area is 83.1 Å². The maximum Gasteiger partial charge on any atom is 0.0964 e. The molecule has 0 bridgehead atoms. The Morgan fingerprint density at radius 1 is 1.62 bits per heavy atom. The van der Waals surface area contributed by atoms with Gasteiger partial charge in [0.1, 0.15) is 0 Å². The number of nitrogens with one attached hydrogen (secondary N) is 1. The van der Waals surface area contributed by atoms with Gasteiger partial charge in [0, 0.05) is 18.5 Å². The number of aryl methyl sites for hydroxylation is 1. The SMILES string of the molecule is CCSCCn1cc(CNC)nn1. The zero-order chi connectivity index (χ0) is 9.52. The molecule has 0 aromatic carbocycles. The molecule has 0 aliphatic heterocycles. The third-order valence-electron chi connectivity index (χ3n) is 1.61. The van der Waals surface area contributed by atoms with Crippen molar-refractivity contribution in [2.75, 3.05) is 18.6 Å². The average molecular weight is 200 g/mol. The van der Waals surface area contributed by atoms with Crippen LogP contribution in [0.15, 0.2) is 6.20 Å². The molecule has 1 aromatic rings. The van der Waals surface area contributed by atoms with E-state index in [4.69, 9.17) is 0 Å². The van der Waals surface area contributed by atoms with Gasteiger partial charge in [0.25, 0.3) is 0 Å². The maximum atomic E-state index is 4.03. The Morgan fingerprint density at radius 3 is 3.15 bits per heavy atom. The molecule has 0 aliphatic carbocycles. The average Bonchev–Trinajstić information content (AvgIpc) is 2.54. The van der Waals surface area contributed by atoms with Gasteiger partial charge in [-0.25, -0.2) is 0 Å². The van der Waals surface area contributed by atoms with Crippen molar-refractivity contribution in [1.82, 2.24) is 20.3 Å². The third-order valence-corrected chi connectivity index (χ3v) is 2.49. The zero-order valence-corrected chi connectivity index (χ0v) is 8.97. The Morgan fingerprint density at radius 2 is 2.46 bits per heavy atom. The summed E-state index contributed by atoms with van der Waals surface area (Å²) in [5.41, 5.74) is 1.00. The lowest BCUT2D eigenvalue weighted by molar-refractivity contribution is 0.632. The Balaban J connectivity index is 2.31. The quantitative estimate of drug-likeness (QED) is 0.688. The molecule has 13 heavy (non-hydrogen) atoms. The molecule has 4 nitrogen and oxygen atoms in total. The van der Waals surface area contributed by atoms with Crippen LogP contribution in [0.3, 0.4) is 0 Å². The first-order valence-electron chi connectivity index (χ1n) is 4.48. The van der Waals surface area contributed by atoms with E-state index in [0.717, 1.165) is 30.3 Å². The van der Waals surface area contributed by atoms with Gasteiger partial charge in [0.15, 0.2) is 0 Å². The fourth-order valence-electron chi connectivity index (χ4n) is 1.01. The largest absolute Gasteiger partial charge is 0.314 e. The van der Waals surface area contributed by atoms with Crippen molar-refractivity contribution in [1.29, 1.82) is 0 Å². The molecule has 0 aliphatic rings. The number of nitrogens with zero attached hydrogens (tertiary/aromatic N) is 3. The molecular weight excluding hydrogens is 184 g/mol. The van der Waals surface area contributed by atoms with Gasteiger partial charge in [0.2, 0.25) is 0 Å². The van der Waals surface area contributed by atoms with E-state index in [1.165, 1.54) is 0 Å². The summed E-state index contributed by atoms with van der Waals surface area (Å²) in [6, 6.07) is 0. The van der Waals surface area contributed by atoms with Gasteiger partial charge < -0.3 is 5.32 Å². The fourth-order valence-corrected chi connectivity index (χ4v) is 1.62. The van der Waals surface area contributed by atoms with Crippen LogP contribution in [0.25, 0.3) is 0 Å². The zero-order valence-electron chi connectivity index (χ0n) is 8.16. The van der Waals surface area contributed by atoms with Gasteiger partial charge >= 0.3 is 0 Å². The highest BCUT2D eigenvalue weighted by atomic mass is 32.2. The first-order chi connectivity index (χ1) is 6.36. The molecule has 1 N–H and O–H groups in total. The predicted octanol–water partition coefficient (Wildman–Crippen LogP) is 0.751. The van der Waals surface area contributed by atoms with Crippen LogP contribution in [0.2, 0.25) is 0 Å². The summed E-state index contributed by atoms with van der Waals surface area (Å²) in [6.45, 7) is 3.91. The normalized spacial score (nSPS) is 10.6. The smallest absolute Gasteiger partial charge is 0.0964 e. The lowest BCUT2D eigenvalue weighted by Crippen LogP contribution is -2.05. The van der Waals surface area contributed by atoms with Gasteiger partial charge in [-0.05, 0) is 12.8 Å². The highest BCUT2D eigenvalue weighted by Crippen LogP contribution is 2.00. The molecule has 0 fully saturated rings. The number of thioether (sulfide) groups is 1. The minimum absolute atomic E-state index is 0.793. The summed E-state index contributed by atoms with van der Waals surface area (Å²) in [4.78, 5) is 0. The van der Waals surface area contributed by atoms with Crippen LogP contribution in [0.5, 0.6) is 0 Å². The second kappa shape index (κ2) is 5.99. The first kappa shape index (κ1) is 10.5. The van der Waals surface area contributed by atoms with Crippen LogP contribution in [0.1, 0.15) is 12.6 Å². The van der Waals surface area contributed by atoms with E-state index < -0.39 is 0 Å². The molecule has 1 rings (SSSR count). The van der Waals surface area contributed by atoms with Crippen molar-refractivity contribution in [2.24, 2.45) is 0 Å². The summed E-state index contributed by atoms with van der Waals surface area (Å²) >= 11 is 1.92. The topological polar surface area (TPSA) is 42.7 Å². The van der Waals surface area contributed by atoms with Crippen LogP contribution in [-0.4, -0.2) is 33.5 Å². The molecule has 5 heteroatoms. The van der Waals surface area contributed by atoms with Crippen LogP contribution < -0.4 is 5.32 Å². The fraction of sp³-hybridized carbons (Fsp3) is 0.750. The van der Waals surface area contributed by atoms with E-state index in [0.29, 0.717) is 0 Å². The van der Waals surface area contributed by atoms with E-state index in [1.54, 1.807) is 0 Å². The minimum Gasteiger partial charge on any atom is -0.314 e. The molecule has 0 amide bonds. The van der Waals surface area contributed by atoms with Crippen LogP contribution >= 0.6 is 11.8 Å². The predicted molar refractivity (Wildman–Crippen MR) is 55.8 cm³/mol. The summed E-state index contributed by atoms with van der Waals surface area (Å²) in [5.74, 6) is 2.27. The van der Waals surface area contributed by atoms with Crippen molar-refractivity contribution in [3.05, 3.63) is 11.9 Å². The summed E-state index contributed by atoms with van der Waals surface area (Å²) in [5, 5.41) is 11.1. The molecule has 0 unspecified atom stereocenters. The highest BCUT2D eigenvalue weighted by Gasteiger charge is 1.98. The van der Waals surface area contributed by atoms with Crippen molar-refractivity contribution in [3.63, 3.8) is 0 Å². The molecule has 0 atom stereocenters. The molecule has 0 spiro atoms. The van der Waals surface area contributed by atoms with E-state index >= 15 is 0 Å². The molecule has 0 saturated heterocycles. The van der Waals surface area contributed by atoms with E-state index in [-0.39, 0.29) is 0 Å². The molecule has 0 saturated carbocycles. The van der Waals surface area contributed by atoms with Crippen molar-refractivity contribution in [2.45, 2.75) is 20.0 Å². The van der Waals surface area contributed by atoms with Crippen LogP contribution in [0, 0.1) is 0 Å². The second-order valence-corrected chi connectivity index (χ2v) is 4.09. The van der Waals surface area contributed by atoms with E-state index in [9.17, 15) is 0 Å². The summed E-state index contributed by atoms with van der Waals surface area (Å²) in [7, 11) is 1.91. The van der Waals surface area contributed by atoms with Gasteiger partial charge in [-0.15, -0.1) is 5.10 Å². The van der Waals surface area contributed by atoms with Crippen LogP contribution in [-0.2, 0) is 13.1 Å². The highest BCUT2D eigenvalue weighted by molar-refractivity contribution is 7.99. The molecule has 74 valence electrons. The summed E-state index contributed by atoms with van der Waals surface area (Å²) in [6.07, 6.45) is 1.99. The standard InChI is InChI=1S/C8H16N4S/c1-3-13-5-4-12-7-8(6-9-2)10-11-12/h7,9H,3-6H2,1-2H3. The van der Waals surface area contributed by atoms with Gasteiger partial charge in [0.05, 0.1) is 12.2 Å². The van der Waals surface area contributed by atoms with Gasteiger partial charge in [-0.3, -0.25) is 4.68 Å². The Hall–Kier alpha value is -0.550. The lowest BCUT2D eigenvalue weighted by Gasteiger charge is -1.97. The van der Waals surface area contributed by atoms with E-state index in [2.05, 4.69) is 22.6 Å². The van der Waals surface area contributed by atoms with Crippen molar-refractivity contribution < 1.29 is 0 Å². The van der Waals surface area contributed by atoms with Gasteiger partial charge in [-0.1, -0.05) is 12.1 Å². The third kappa shape index (κ3) is 3.78. The first-order valence-corrected chi connectivity index (χ1v) is 5.63. The van der Waals surface area contributed by atoms with Crippen molar-refractivity contribution in [3.8, 4) is 0 Å². The maximum absolute atomic E-state index is 4.03. The summed E-state index contributed by atoms with van der Waals surface area (Å²) < 4.78 is 1.90.